The fourth-order valence-electron chi connectivity index (χ4n) is 5.03. The number of nitrogens with one attached hydrogen (secondary N) is 2. The molecule has 6 heteroatoms. The Morgan fingerprint density at radius 2 is 1.93 bits per heavy atom. The van der Waals surface area contributed by atoms with E-state index in [-0.39, 0.29) is 18.2 Å². The summed E-state index contributed by atoms with van der Waals surface area (Å²) in [6, 6.07) is 11.8. The molecule has 30 heavy (non-hydrogen) atoms. The van der Waals surface area contributed by atoms with Crippen LogP contribution in [0.3, 0.4) is 0 Å². The molecule has 0 unspecified atom stereocenters. The zero-order valence-electron chi connectivity index (χ0n) is 17.1. The lowest BCUT2D eigenvalue weighted by atomic mass is 9.81. The quantitative estimate of drug-likeness (QED) is 0.586. The maximum atomic E-state index is 13.7. The van der Waals surface area contributed by atoms with E-state index in [0.29, 0.717) is 24.6 Å². The van der Waals surface area contributed by atoms with Gasteiger partial charge in [0.25, 0.3) is 0 Å². The van der Waals surface area contributed by atoms with Gasteiger partial charge in [0.15, 0.2) is 0 Å². The summed E-state index contributed by atoms with van der Waals surface area (Å²) in [7, 11) is 1.71. The molecule has 1 saturated carbocycles. The molecule has 2 aliphatic rings. The highest BCUT2D eigenvalue weighted by molar-refractivity contribution is 5.85. The molecule has 1 atom stereocenters. The molecular formula is C24H28ClFN2O2. The predicted molar refractivity (Wildman–Crippen MR) is 120 cm³/mol. The van der Waals surface area contributed by atoms with Gasteiger partial charge in [0, 0.05) is 34.7 Å². The number of rotatable bonds is 4. The van der Waals surface area contributed by atoms with Crippen molar-refractivity contribution in [3.05, 3.63) is 59.5 Å². The average Bonchev–Trinajstić information content (AvgIpc) is 3.17. The van der Waals surface area contributed by atoms with E-state index in [9.17, 15) is 4.39 Å². The van der Waals surface area contributed by atoms with Crippen LogP contribution in [0.25, 0.3) is 10.9 Å². The van der Waals surface area contributed by atoms with Crippen molar-refractivity contribution in [2.45, 2.75) is 50.1 Å². The van der Waals surface area contributed by atoms with E-state index in [1.807, 2.05) is 24.3 Å². The molecule has 0 bridgehead atoms. The third kappa shape index (κ3) is 4.01. The first-order valence-electron chi connectivity index (χ1n) is 10.5. The number of ether oxygens (including phenoxy) is 2. The molecule has 2 heterocycles. The van der Waals surface area contributed by atoms with E-state index in [1.165, 1.54) is 11.6 Å². The van der Waals surface area contributed by atoms with Crippen molar-refractivity contribution < 1.29 is 13.9 Å². The van der Waals surface area contributed by atoms with Gasteiger partial charge in [-0.2, -0.15) is 0 Å². The van der Waals surface area contributed by atoms with Crippen LogP contribution < -0.4 is 14.8 Å². The van der Waals surface area contributed by atoms with Gasteiger partial charge in [0.1, 0.15) is 23.9 Å². The molecule has 0 amide bonds. The molecule has 4 nitrogen and oxygen atoms in total. The maximum Gasteiger partial charge on any atom is 0.126 e. The summed E-state index contributed by atoms with van der Waals surface area (Å²) in [5, 5.41) is 4.85. The summed E-state index contributed by atoms with van der Waals surface area (Å²) < 4.78 is 25.2. The van der Waals surface area contributed by atoms with Crippen molar-refractivity contribution in [2.75, 3.05) is 13.7 Å². The average molecular weight is 431 g/mol. The lowest BCUT2D eigenvalue weighted by Crippen LogP contribution is -2.46. The van der Waals surface area contributed by atoms with Crippen LogP contribution in [0.15, 0.2) is 42.6 Å². The molecule has 2 aromatic carbocycles. The molecule has 1 aliphatic carbocycles. The summed E-state index contributed by atoms with van der Waals surface area (Å²) >= 11 is 0. The van der Waals surface area contributed by atoms with Gasteiger partial charge in [-0.25, -0.2) is 4.39 Å². The van der Waals surface area contributed by atoms with Gasteiger partial charge in [0.05, 0.1) is 7.11 Å². The van der Waals surface area contributed by atoms with Crippen molar-refractivity contribution in [3.63, 3.8) is 0 Å². The van der Waals surface area contributed by atoms with Gasteiger partial charge in [-0.05, 0) is 73.9 Å². The lowest BCUT2D eigenvalue weighted by Gasteiger charge is -2.34. The van der Waals surface area contributed by atoms with Crippen LogP contribution in [0.4, 0.5) is 4.39 Å². The smallest absolute Gasteiger partial charge is 0.126 e. The van der Waals surface area contributed by atoms with Crippen molar-refractivity contribution in [3.8, 4) is 11.5 Å². The van der Waals surface area contributed by atoms with Crippen LogP contribution in [0.5, 0.6) is 11.5 Å². The predicted octanol–water partition coefficient (Wildman–Crippen LogP) is 5.36. The fourth-order valence-corrected chi connectivity index (χ4v) is 5.03. The van der Waals surface area contributed by atoms with Gasteiger partial charge in [-0.3, -0.25) is 0 Å². The zero-order valence-corrected chi connectivity index (χ0v) is 17.9. The first-order valence-corrected chi connectivity index (χ1v) is 10.5. The van der Waals surface area contributed by atoms with Crippen molar-refractivity contribution in [1.29, 1.82) is 0 Å². The van der Waals surface area contributed by atoms with Crippen molar-refractivity contribution >= 4 is 23.3 Å². The van der Waals surface area contributed by atoms with Gasteiger partial charge in [0.2, 0.25) is 0 Å². The van der Waals surface area contributed by atoms with E-state index in [1.54, 1.807) is 13.2 Å². The van der Waals surface area contributed by atoms with Crippen LogP contribution in [0, 0.1) is 5.82 Å². The second-order valence-electron chi connectivity index (χ2n) is 8.30. The number of methoxy groups -OCH3 is 1. The van der Waals surface area contributed by atoms with Gasteiger partial charge in [-0.15, -0.1) is 12.4 Å². The van der Waals surface area contributed by atoms with Gasteiger partial charge >= 0.3 is 0 Å². The Morgan fingerprint density at radius 1 is 1.10 bits per heavy atom. The Morgan fingerprint density at radius 3 is 2.73 bits per heavy atom. The second kappa shape index (κ2) is 8.86. The molecular weight excluding hydrogens is 403 g/mol. The second-order valence-corrected chi connectivity index (χ2v) is 8.30. The van der Waals surface area contributed by atoms with Crippen LogP contribution >= 0.6 is 12.4 Å². The zero-order chi connectivity index (χ0) is 19.8. The molecule has 3 aromatic rings. The van der Waals surface area contributed by atoms with Crippen LogP contribution in [-0.4, -0.2) is 30.8 Å². The molecule has 5 rings (SSSR count). The number of hydrogen-bond donors (Lipinski definition) is 2. The third-order valence-corrected chi connectivity index (χ3v) is 6.51. The molecule has 0 saturated heterocycles. The number of fused-ring (bicyclic) bond motifs is 2. The van der Waals surface area contributed by atoms with Crippen LogP contribution in [0.1, 0.15) is 42.7 Å². The molecule has 0 spiro atoms. The number of aromatic amines is 1. The Labute approximate surface area is 182 Å². The first-order chi connectivity index (χ1) is 14.2. The summed E-state index contributed by atoms with van der Waals surface area (Å²) in [6.07, 6.45) is 7.49. The summed E-state index contributed by atoms with van der Waals surface area (Å²) in [5.41, 5.74) is 3.44. The molecule has 1 fully saturated rings. The van der Waals surface area contributed by atoms with Crippen molar-refractivity contribution in [1.82, 2.24) is 10.3 Å². The molecule has 0 radical (unpaired) electrons. The highest BCUT2D eigenvalue weighted by atomic mass is 35.5. The molecule has 2 N–H and O–H groups in total. The summed E-state index contributed by atoms with van der Waals surface area (Å²) in [5.74, 6) is 2.18. The molecule has 1 aliphatic heterocycles. The summed E-state index contributed by atoms with van der Waals surface area (Å²) in [6.45, 7) is 0.696. The van der Waals surface area contributed by atoms with Gasteiger partial charge < -0.3 is 19.8 Å². The van der Waals surface area contributed by atoms with Crippen LogP contribution in [-0.2, 0) is 6.42 Å². The normalized spacial score (nSPS) is 23.3. The van der Waals surface area contributed by atoms with Gasteiger partial charge in [-0.1, -0.05) is 6.07 Å². The SMILES string of the molecule is COc1cccc2c1C[C@H](NC1CCC(c3c[nH]c4ccc(F)cc34)CC1)CO2.Cl. The topological polar surface area (TPSA) is 46.3 Å². The highest BCUT2D eigenvalue weighted by Crippen LogP contribution is 2.38. The first kappa shape index (κ1) is 21.0. The van der Waals surface area contributed by atoms with E-state index < -0.39 is 0 Å². The number of aromatic nitrogens is 1. The highest BCUT2D eigenvalue weighted by Gasteiger charge is 2.28. The van der Waals surface area contributed by atoms with E-state index in [2.05, 4.69) is 16.5 Å². The lowest BCUT2D eigenvalue weighted by molar-refractivity contribution is 0.209. The van der Waals surface area contributed by atoms with E-state index >= 15 is 0 Å². The third-order valence-electron chi connectivity index (χ3n) is 6.51. The Hall–Kier alpha value is -2.24. The minimum atomic E-state index is -0.165. The fraction of sp³-hybridized carbons (Fsp3) is 0.417. The van der Waals surface area contributed by atoms with E-state index in [4.69, 9.17) is 9.47 Å². The van der Waals surface area contributed by atoms with E-state index in [0.717, 1.165) is 60.1 Å². The molecule has 160 valence electrons. The van der Waals surface area contributed by atoms with Crippen molar-refractivity contribution in [2.24, 2.45) is 0 Å². The standard InChI is InChI=1S/C24H27FN2O2.ClH/c1-28-23-3-2-4-24-20(23)12-18(14-29-24)27-17-8-5-15(6-9-17)21-13-26-22-10-7-16(25)11-19(21)22;/h2-4,7,10-11,13,15,17-18,26-27H,5-6,8-9,12,14H2,1H3;1H/t15?,17?,18-;/m0./s1. The maximum absolute atomic E-state index is 13.7. The number of H-pyrrole nitrogens is 1. The number of halogens is 2. The largest absolute Gasteiger partial charge is 0.496 e. The molecule has 1 aromatic heterocycles. The minimum absolute atomic E-state index is 0. The summed E-state index contributed by atoms with van der Waals surface area (Å²) in [4.78, 5) is 3.30. The Bertz CT molecular complexity index is 999. The Balaban J connectivity index is 0.00000218. The number of benzene rings is 2. The Kier molecular flexibility index (Phi) is 6.21. The minimum Gasteiger partial charge on any atom is -0.496 e. The number of hydrogen-bond acceptors (Lipinski definition) is 3. The monoisotopic (exact) mass is 430 g/mol. The van der Waals surface area contributed by atoms with Crippen LogP contribution in [0.2, 0.25) is 0 Å².